The lowest BCUT2D eigenvalue weighted by atomic mass is 9.89. The van der Waals surface area contributed by atoms with Gasteiger partial charge in [-0.3, -0.25) is 4.79 Å². The molecule has 2 rings (SSSR count). The first-order valence-corrected chi connectivity index (χ1v) is 14.4. The third-order valence-corrected chi connectivity index (χ3v) is 6.95. The highest BCUT2D eigenvalue weighted by Crippen LogP contribution is 2.38. The molecule has 0 aromatic heterocycles. The second-order valence-electron chi connectivity index (χ2n) is 10.1. The molecule has 1 aliphatic rings. The molecule has 1 fully saturated rings. The Morgan fingerprint density at radius 1 is 1.17 bits per heavy atom. The maximum atomic E-state index is 12.3. The quantitative estimate of drug-likeness (QED) is 0.0718. The number of benzene rings is 1. The van der Waals surface area contributed by atoms with Crippen molar-refractivity contribution < 1.29 is 39.2 Å². The number of unbranched alkanes of at least 4 members (excludes halogenated alkanes) is 2. The summed E-state index contributed by atoms with van der Waals surface area (Å²) < 4.78 is 10.7. The Labute approximate surface area is 241 Å². The highest BCUT2D eigenvalue weighted by atomic mass is 16.9. The summed E-state index contributed by atoms with van der Waals surface area (Å²) in [6, 6.07) is 9.87. The van der Waals surface area contributed by atoms with Crippen molar-refractivity contribution in [3.8, 4) is 0 Å². The first-order chi connectivity index (χ1) is 19.8. The second kappa shape index (κ2) is 19.6. The van der Waals surface area contributed by atoms with Gasteiger partial charge < -0.3 is 29.8 Å². The molecule has 11 nitrogen and oxygen atoms in total. The fourth-order valence-electron chi connectivity index (χ4n) is 4.82. The SMILES string of the molecule is CCNC(=O)CCC/C=C\C[C@H]1C(O)CC(OC(=O)OCCCCO[N+](=O)[O-])[C@@H]1/C=C/[C@@H](O)CCc1ccccc1. The van der Waals surface area contributed by atoms with Crippen molar-refractivity contribution >= 4 is 12.1 Å². The maximum Gasteiger partial charge on any atom is 0.508 e. The van der Waals surface area contributed by atoms with Crippen LogP contribution in [-0.4, -0.2) is 65.4 Å². The van der Waals surface area contributed by atoms with E-state index in [2.05, 4.69) is 10.2 Å². The fraction of sp³-hybridized carbons (Fsp3) is 0.600. The summed E-state index contributed by atoms with van der Waals surface area (Å²) in [6.07, 6.45) is 9.22. The normalized spacial score (nSPS) is 21.1. The molecule has 1 saturated carbocycles. The lowest BCUT2D eigenvalue weighted by Gasteiger charge is -2.22. The highest BCUT2D eigenvalue weighted by Gasteiger charge is 2.43. The van der Waals surface area contributed by atoms with Crippen LogP contribution in [0.1, 0.15) is 63.9 Å². The van der Waals surface area contributed by atoms with Gasteiger partial charge in [-0.2, -0.15) is 0 Å². The van der Waals surface area contributed by atoms with Crippen LogP contribution in [0, 0.1) is 22.0 Å². The van der Waals surface area contributed by atoms with Gasteiger partial charge >= 0.3 is 6.16 Å². The van der Waals surface area contributed by atoms with Crippen molar-refractivity contribution in [3.63, 3.8) is 0 Å². The van der Waals surface area contributed by atoms with Gasteiger partial charge in [0.25, 0.3) is 5.09 Å². The van der Waals surface area contributed by atoms with Crippen LogP contribution in [0.15, 0.2) is 54.6 Å². The first-order valence-electron chi connectivity index (χ1n) is 14.4. The van der Waals surface area contributed by atoms with E-state index in [0.717, 1.165) is 18.4 Å². The Hall–Kier alpha value is -3.44. The molecular formula is C30H44N2O9. The number of carbonyl (C=O) groups excluding carboxylic acids is 2. The number of ether oxygens (including phenoxy) is 2. The van der Waals surface area contributed by atoms with Gasteiger partial charge in [0.05, 0.1) is 25.4 Å². The number of hydrogen-bond acceptors (Lipinski definition) is 9. The number of aliphatic hydroxyl groups excluding tert-OH is 2. The summed E-state index contributed by atoms with van der Waals surface area (Å²) in [7, 11) is 0. The van der Waals surface area contributed by atoms with Gasteiger partial charge in [-0.05, 0) is 63.4 Å². The van der Waals surface area contributed by atoms with Crippen molar-refractivity contribution in [2.24, 2.45) is 11.8 Å². The molecule has 228 valence electrons. The molecule has 1 aromatic carbocycles. The van der Waals surface area contributed by atoms with Crippen LogP contribution in [0.4, 0.5) is 4.79 Å². The van der Waals surface area contributed by atoms with E-state index in [1.165, 1.54) is 0 Å². The van der Waals surface area contributed by atoms with Crippen LogP contribution < -0.4 is 5.32 Å². The van der Waals surface area contributed by atoms with Gasteiger partial charge in [0.2, 0.25) is 5.91 Å². The monoisotopic (exact) mass is 576 g/mol. The van der Waals surface area contributed by atoms with Crippen LogP contribution in [0.5, 0.6) is 0 Å². The predicted molar refractivity (Wildman–Crippen MR) is 152 cm³/mol. The molecule has 1 amide bonds. The molecule has 3 N–H and O–H groups in total. The average molecular weight is 577 g/mol. The molecule has 1 aliphatic carbocycles. The maximum absolute atomic E-state index is 12.3. The Morgan fingerprint density at radius 2 is 1.93 bits per heavy atom. The van der Waals surface area contributed by atoms with Gasteiger partial charge in [0.1, 0.15) is 6.10 Å². The molecule has 0 aliphatic heterocycles. The van der Waals surface area contributed by atoms with Crippen LogP contribution in [0.25, 0.3) is 0 Å². The number of amides is 1. The van der Waals surface area contributed by atoms with Crippen molar-refractivity contribution in [2.75, 3.05) is 19.8 Å². The summed E-state index contributed by atoms with van der Waals surface area (Å²) in [5, 5.41) is 33.5. The number of aryl methyl sites for hydroxylation is 1. The zero-order chi connectivity index (χ0) is 29.9. The zero-order valence-corrected chi connectivity index (χ0v) is 23.8. The summed E-state index contributed by atoms with van der Waals surface area (Å²) in [5.41, 5.74) is 1.13. The summed E-state index contributed by atoms with van der Waals surface area (Å²) >= 11 is 0. The van der Waals surface area contributed by atoms with E-state index in [0.29, 0.717) is 45.1 Å². The van der Waals surface area contributed by atoms with Crippen molar-refractivity contribution in [2.45, 2.75) is 83.0 Å². The molecular weight excluding hydrogens is 532 g/mol. The average Bonchev–Trinajstić information content (AvgIpc) is 3.23. The molecule has 0 saturated heterocycles. The number of hydrogen-bond donors (Lipinski definition) is 3. The number of nitrogens with zero attached hydrogens (tertiary/aromatic N) is 1. The van der Waals surface area contributed by atoms with Crippen LogP contribution in [0.3, 0.4) is 0 Å². The first kappa shape index (κ1) is 33.8. The Morgan fingerprint density at radius 3 is 2.66 bits per heavy atom. The minimum atomic E-state index is -0.873. The summed E-state index contributed by atoms with van der Waals surface area (Å²) in [4.78, 5) is 38.4. The minimum absolute atomic E-state index is 0.0241. The van der Waals surface area contributed by atoms with E-state index < -0.39 is 29.6 Å². The molecule has 5 atom stereocenters. The fourth-order valence-corrected chi connectivity index (χ4v) is 4.82. The third kappa shape index (κ3) is 14.1. The number of rotatable bonds is 19. The van der Waals surface area contributed by atoms with E-state index in [-0.39, 0.29) is 37.4 Å². The molecule has 11 heteroatoms. The molecule has 1 aromatic rings. The van der Waals surface area contributed by atoms with Gasteiger partial charge in [-0.25, -0.2) is 4.79 Å². The van der Waals surface area contributed by atoms with Gasteiger partial charge in [0, 0.05) is 25.3 Å². The smallest absolute Gasteiger partial charge is 0.434 e. The van der Waals surface area contributed by atoms with Crippen LogP contribution in [0.2, 0.25) is 0 Å². The van der Waals surface area contributed by atoms with Crippen molar-refractivity contribution in [1.82, 2.24) is 5.32 Å². The van der Waals surface area contributed by atoms with E-state index in [1.807, 2.05) is 55.5 Å². The Balaban J connectivity index is 1.93. The highest BCUT2D eigenvalue weighted by molar-refractivity contribution is 5.75. The Bertz CT molecular complexity index is 970. The number of aliphatic hydroxyl groups is 2. The largest absolute Gasteiger partial charge is 0.508 e. The molecule has 0 bridgehead atoms. The van der Waals surface area contributed by atoms with Crippen LogP contribution in [-0.2, 0) is 25.5 Å². The summed E-state index contributed by atoms with van der Waals surface area (Å²) in [5.74, 6) is -0.540. The van der Waals surface area contributed by atoms with Crippen LogP contribution >= 0.6 is 0 Å². The van der Waals surface area contributed by atoms with E-state index in [9.17, 15) is 29.9 Å². The molecule has 0 heterocycles. The van der Waals surface area contributed by atoms with E-state index in [1.54, 1.807) is 6.08 Å². The lowest BCUT2D eigenvalue weighted by Crippen LogP contribution is -2.25. The third-order valence-electron chi connectivity index (χ3n) is 6.95. The molecule has 0 spiro atoms. The minimum Gasteiger partial charge on any atom is -0.434 e. The Kier molecular flexibility index (Phi) is 16.1. The van der Waals surface area contributed by atoms with Gasteiger partial charge in [-0.15, -0.1) is 10.1 Å². The number of nitrogens with one attached hydrogen (secondary N) is 1. The molecule has 41 heavy (non-hydrogen) atoms. The second-order valence-corrected chi connectivity index (χ2v) is 10.1. The number of allylic oxidation sites excluding steroid dienone is 2. The van der Waals surface area contributed by atoms with Crippen molar-refractivity contribution in [3.05, 3.63) is 70.3 Å². The van der Waals surface area contributed by atoms with Gasteiger partial charge in [0.15, 0.2) is 0 Å². The predicted octanol–water partition coefficient (Wildman–Crippen LogP) is 4.30. The number of carbonyl (C=O) groups is 2. The van der Waals surface area contributed by atoms with E-state index >= 15 is 0 Å². The van der Waals surface area contributed by atoms with Gasteiger partial charge in [-0.1, -0.05) is 54.6 Å². The standard InChI is InChI=1S/C30H44N2O9/c1-2-31-29(35)15-9-4-3-8-14-25-26(19-18-24(33)17-16-23-12-6-5-7-13-23)28(22-27(25)34)41-30(36)39-20-10-11-21-40-32(37)38/h3,5-8,12-13,18-19,24-28,33-34H,2,4,9-11,14-17,20-22H2,1H3,(H,31,35)/b8-3-,19-18+/t24-,25+,26+,27?,28?/m0/s1. The topological polar surface area (TPSA) is 157 Å². The zero-order valence-electron chi connectivity index (χ0n) is 23.8. The summed E-state index contributed by atoms with van der Waals surface area (Å²) in [6.45, 7) is 2.43. The molecule has 2 unspecified atom stereocenters. The van der Waals surface area contributed by atoms with E-state index in [4.69, 9.17) is 9.47 Å². The molecule has 0 radical (unpaired) electrons. The van der Waals surface area contributed by atoms with Crippen molar-refractivity contribution in [1.29, 1.82) is 0 Å². The lowest BCUT2D eigenvalue weighted by molar-refractivity contribution is -0.757.